The van der Waals surface area contributed by atoms with Crippen molar-refractivity contribution < 1.29 is 9.15 Å². The quantitative estimate of drug-likeness (QED) is 0.710. The number of anilines is 3. The summed E-state index contributed by atoms with van der Waals surface area (Å²) in [5.41, 5.74) is 8.60. The zero-order valence-corrected chi connectivity index (χ0v) is 12.3. The molecule has 3 aromatic rings. The highest BCUT2D eigenvalue weighted by Crippen LogP contribution is 2.30. The first-order valence-corrected chi connectivity index (χ1v) is 6.71. The van der Waals surface area contributed by atoms with Gasteiger partial charge in [0, 0.05) is 17.4 Å². The minimum Gasteiger partial charge on any atom is -0.495 e. The SMILES string of the molecule is COc1cc(Nc2nc3cc(N)ccc3o2)ccc1Br. The number of hydrogen-bond acceptors (Lipinski definition) is 5. The van der Waals surface area contributed by atoms with Gasteiger partial charge in [0.2, 0.25) is 0 Å². The van der Waals surface area contributed by atoms with Gasteiger partial charge in [-0.25, -0.2) is 0 Å². The van der Waals surface area contributed by atoms with Crippen LogP contribution in [0.4, 0.5) is 17.4 Å². The summed E-state index contributed by atoms with van der Waals surface area (Å²) in [6.07, 6.45) is 0. The largest absolute Gasteiger partial charge is 0.495 e. The summed E-state index contributed by atoms with van der Waals surface area (Å²) in [5, 5.41) is 3.10. The van der Waals surface area contributed by atoms with Gasteiger partial charge in [-0.3, -0.25) is 0 Å². The highest BCUT2D eigenvalue weighted by atomic mass is 79.9. The molecule has 0 spiro atoms. The Balaban J connectivity index is 1.92. The molecule has 5 nitrogen and oxygen atoms in total. The number of halogens is 1. The summed E-state index contributed by atoms with van der Waals surface area (Å²) in [6.45, 7) is 0. The van der Waals surface area contributed by atoms with Crippen molar-refractivity contribution in [2.75, 3.05) is 18.2 Å². The molecule has 102 valence electrons. The summed E-state index contributed by atoms with van der Waals surface area (Å²) in [4.78, 5) is 4.34. The lowest BCUT2D eigenvalue weighted by molar-refractivity contribution is 0.412. The molecule has 0 saturated heterocycles. The van der Waals surface area contributed by atoms with E-state index < -0.39 is 0 Å². The number of fused-ring (bicyclic) bond motifs is 1. The monoisotopic (exact) mass is 333 g/mol. The number of hydrogen-bond donors (Lipinski definition) is 2. The van der Waals surface area contributed by atoms with E-state index in [4.69, 9.17) is 14.9 Å². The van der Waals surface area contributed by atoms with E-state index in [0.717, 1.165) is 21.4 Å². The third kappa shape index (κ3) is 2.42. The van der Waals surface area contributed by atoms with Crippen molar-refractivity contribution in [3.8, 4) is 5.75 Å². The molecule has 0 saturated carbocycles. The van der Waals surface area contributed by atoms with Gasteiger partial charge in [0.1, 0.15) is 11.3 Å². The van der Waals surface area contributed by atoms with Crippen LogP contribution in [-0.2, 0) is 0 Å². The van der Waals surface area contributed by atoms with Gasteiger partial charge < -0.3 is 20.2 Å². The highest BCUT2D eigenvalue weighted by Gasteiger charge is 2.07. The highest BCUT2D eigenvalue weighted by molar-refractivity contribution is 9.10. The number of nitrogens with zero attached hydrogens (tertiary/aromatic N) is 1. The summed E-state index contributed by atoms with van der Waals surface area (Å²) < 4.78 is 11.7. The van der Waals surface area contributed by atoms with Gasteiger partial charge in [-0.2, -0.15) is 4.98 Å². The number of ether oxygens (including phenoxy) is 1. The molecule has 0 aliphatic carbocycles. The summed E-state index contributed by atoms with van der Waals surface area (Å²) in [7, 11) is 1.62. The molecule has 3 N–H and O–H groups in total. The molecular formula is C14H12BrN3O2. The molecule has 0 amide bonds. The van der Waals surface area contributed by atoms with Crippen LogP contribution in [0, 0.1) is 0 Å². The van der Waals surface area contributed by atoms with Crippen LogP contribution in [0.3, 0.4) is 0 Å². The van der Waals surface area contributed by atoms with Crippen LogP contribution < -0.4 is 15.8 Å². The van der Waals surface area contributed by atoms with E-state index >= 15 is 0 Å². The molecule has 2 aromatic carbocycles. The van der Waals surface area contributed by atoms with Crippen molar-refractivity contribution in [1.82, 2.24) is 4.98 Å². The Hall–Kier alpha value is -2.21. The lowest BCUT2D eigenvalue weighted by atomic mass is 10.3. The normalized spacial score (nSPS) is 10.7. The first-order valence-electron chi connectivity index (χ1n) is 5.92. The lowest BCUT2D eigenvalue weighted by Gasteiger charge is -2.06. The number of nitrogens with two attached hydrogens (primary N) is 1. The Kier molecular flexibility index (Phi) is 3.23. The van der Waals surface area contributed by atoms with Crippen molar-refractivity contribution >= 4 is 44.4 Å². The van der Waals surface area contributed by atoms with Crippen molar-refractivity contribution in [2.45, 2.75) is 0 Å². The minimum atomic E-state index is 0.412. The fourth-order valence-corrected chi connectivity index (χ4v) is 2.27. The molecule has 0 bridgehead atoms. The molecule has 1 heterocycles. The summed E-state index contributed by atoms with van der Waals surface area (Å²) in [5.74, 6) is 0.732. The van der Waals surface area contributed by atoms with Crippen molar-refractivity contribution in [1.29, 1.82) is 0 Å². The maximum absolute atomic E-state index is 5.72. The molecule has 0 aliphatic heterocycles. The predicted octanol–water partition coefficient (Wildman–Crippen LogP) is 3.92. The van der Waals surface area contributed by atoms with E-state index in [0.29, 0.717) is 17.3 Å². The van der Waals surface area contributed by atoms with Gasteiger partial charge in [0.15, 0.2) is 5.58 Å². The fraction of sp³-hybridized carbons (Fsp3) is 0.0714. The molecule has 3 rings (SSSR count). The summed E-state index contributed by atoms with van der Waals surface area (Å²) in [6, 6.07) is 11.4. The topological polar surface area (TPSA) is 73.3 Å². The maximum Gasteiger partial charge on any atom is 0.300 e. The van der Waals surface area contributed by atoms with Crippen LogP contribution in [0.25, 0.3) is 11.1 Å². The van der Waals surface area contributed by atoms with Crippen LogP contribution in [0.15, 0.2) is 45.3 Å². The first kappa shape index (κ1) is 12.8. The van der Waals surface area contributed by atoms with Crippen LogP contribution in [0.2, 0.25) is 0 Å². The molecule has 20 heavy (non-hydrogen) atoms. The van der Waals surface area contributed by atoms with Gasteiger partial charge in [-0.15, -0.1) is 0 Å². The number of rotatable bonds is 3. The molecule has 0 aliphatic rings. The fourth-order valence-electron chi connectivity index (χ4n) is 1.86. The van der Waals surface area contributed by atoms with Gasteiger partial charge in [-0.05, 0) is 46.3 Å². The molecule has 0 unspecified atom stereocenters. The Bertz CT molecular complexity index is 770. The van der Waals surface area contributed by atoms with Crippen LogP contribution in [-0.4, -0.2) is 12.1 Å². The molecular weight excluding hydrogens is 322 g/mol. The third-order valence-electron chi connectivity index (χ3n) is 2.81. The molecule has 0 atom stereocenters. The standard InChI is InChI=1S/C14H12BrN3O2/c1-19-13-7-9(3-4-10(13)15)17-14-18-11-6-8(16)2-5-12(11)20-14/h2-7H,16H2,1H3,(H,17,18). The number of nitrogen functional groups attached to an aromatic ring is 1. The average Bonchev–Trinajstić information content (AvgIpc) is 2.82. The van der Waals surface area contributed by atoms with Gasteiger partial charge >= 0.3 is 0 Å². The van der Waals surface area contributed by atoms with Crippen LogP contribution >= 0.6 is 15.9 Å². The van der Waals surface area contributed by atoms with Gasteiger partial charge in [0.05, 0.1) is 11.6 Å². The van der Waals surface area contributed by atoms with E-state index in [1.165, 1.54) is 0 Å². The van der Waals surface area contributed by atoms with E-state index in [1.54, 1.807) is 25.3 Å². The third-order valence-corrected chi connectivity index (χ3v) is 3.47. The Labute approximate surface area is 123 Å². The van der Waals surface area contributed by atoms with E-state index in [2.05, 4.69) is 26.2 Å². The number of oxazole rings is 1. The van der Waals surface area contributed by atoms with E-state index in [-0.39, 0.29) is 0 Å². The second kappa shape index (κ2) is 5.05. The average molecular weight is 334 g/mol. The van der Waals surface area contributed by atoms with E-state index in [9.17, 15) is 0 Å². The van der Waals surface area contributed by atoms with Crippen molar-refractivity contribution in [2.24, 2.45) is 0 Å². The molecule has 1 aromatic heterocycles. The van der Waals surface area contributed by atoms with Gasteiger partial charge in [0.25, 0.3) is 6.01 Å². The van der Waals surface area contributed by atoms with Crippen molar-refractivity contribution in [3.63, 3.8) is 0 Å². The zero-order valence-electron chi connectivity index (χ0n) is 10.7. The second-order valence-electron chi connectivity index (χ2n) is 4.22. The van der Waals surface area contributed by atoms with Crippen molar-refractivity contribution in [3.05, 3.63) is 40.9 Å². The number of benzene rings is 2. The lowest BCUT2D eigenvalue weighted by Crippen LogP contribution is -1.92. The number of aromatic nitrogens is 1. The Morgan fingerprint density at radius 2 is 2.10 bits per heavy atom. The van der Waals surface area contributed by atoms with Crippen LogP contribution in [0.1, 0.15) is 0 Å². The van der Waals surface area contributed by atoms with Crippen LogP contribution in [0.5, 0.6) is 5.75 Å². The molecule has 0 radical (unpaired) electrons. The number of methoxy groups -OCH3 is 1. The maximum atomic E-state index is 5.72. The van der Waals surface area contributed by atoms with E-state index in [1.807, 2.05) is 18.2 Å². The Morgan fingerprint density at radius 1 is 1.25 bits per heavy atom. The molecule has 6 heteroatoms. The van der Waals surface area contributed by atoms with Gasteiger partial charge in [-0.1, -0.05) is 0 Å². The first-order chi connectivity index (χ1) is 9.65. The zero-order chi connectivity index (χ0) is 14.1. The second-order valence-corrected chi connectivity index (χ2v) is 5.07. The minimum absolute atomic E-state index is 0.412. The number of nitrogens with one attached hydrogen (secondary N) is 1. The Morgan fingerprint density at radius 3 is 2.90 bits per heavy atom. The predicted molar refractivity (Wildman–Crippen MR) is 82.4 cm³/mol. The summed E-state index contributed by atoms with van der Waals surface area (Å²) >= 11 is 3.41. The molecule has 0 fully saturated rings. The smallest absolute Gasteiger partial charge is 0.300 e.